The molecule has 2 rings (SSSR count). The number of anilines is 1. The van der Waals surface area contributed by atoms with Crippen molar-refractivity contribution in [2.45, 2.75) is 39.8 Å². The Morgan fingerprint density at radius 1 is 1.16 bits per heavy atom. The molecule has 25 heavy (non-hydrogen) atoms. The number of fused-ring (bicyclic) bond motifs is 1. The molecule has 0 spiro atoms. The largest absolute Gasteiger partial charge is 0.385 e. The summed E-state index contributed by atoms with van der Waals surface area (Å²) in [7, 11) is 1.60. The van der Waals surface area contributed by atoms with Crippen molar-refractivity contribution in [3.8, 4) is 0 Å². The summed E-state index contributed by atoms with van der Waals surface area (Å²) in [6.45, 7) is 7.66. The maximum atomic E-state index is 12.0. The summed E-state index contributed by atoms with van der Waals surface area (Å²) in [5.41, 5.74) is 1.73. The van der Waals surface area contributed by atoms with E-state index >= 15 is 0 Å². The minimum atomic E-state index is -0.662. The average Bonchev–Trinajstić information content (AvgIpc) is 2.94. The number of carbonyl (C=O) groups excluding carboxylic acids is 2. The number of methoxy groups -OCH3 is 1. The molecule has 1 atom stereocenters. The third-order valence-electron chi connectivity index (χ3n) is 3.93. The highest BCUT2D eigenvalue weighted by Crippen LogP contribution is 2.21. The van der Waals surface area contributed by atoms with Gasteiger partial charge in [-0.1, -0.05) is 13.8 Å². The van der Waals surface area contributed by atoms with Gasteiger partial charge in [0.05, 0.1) is 0 Å². The molecule has 2 amide bonds. The third-order valence-corrected chi connectivity index (χ3v) is 3.93. The smallest absolute Gasteiger partial charge is 0.313 e. The zero-order valence-corrected chi connectivity index (χ0v) is 15.3. The SMILES string of the molecule is COCC[C@H](C)NC(=O)C(=O)Nc1ccc2c(ccn2CC(C)C)c1. The van der Waals surface area contributed by atoms with Crippen molar-refractivity contribution in [3.05, 3.63) is 30.5 Å². The molecular formula is C19H27N3O3. The van der Waals surface area contributed by atoms with Gasteiger partial charge in [-0.2, -0.15) is 0 Å². The van der Waals surface area contributed by atoms with Crippen LogP contribution in [-0.4, -0.2) is 36.1 Å². The third kappa shape index (κ3) is 5.32. The molecule has 0 bridgehead atoms. The summed E-state index contributed by atoms with van der Waals surface area (Å²) in [6, 6.07) is 7.56. The van der Waals surface area contributed by atoms with Crippen LogP contribution in [0.3, 0.4) is 0 Å². The second-order valence-electron chi connectivity index (χ2n) is 6.75. The molecular weight excluding hydrogens is 318 g/mol. The average molecular weight is 345 g/mol. The predicted octanol–water partition coefficient (Wildman–Crippen LogP) is 2.78. The Hall–Kier alpha value is -2.34. The minimum Gasteiger partial charge on any atom is -0.385 e. The molecule has 136 valence electrons. The quantitative estimate of drug-likeness (QED) is 0.758. The monoisotopic (exact) mass is 345 g/mol. The zero-order chi connectivity index (χ0) is 18.4. The molecule has 2 N–H and O–H groups in total. The number of aromatic nitrogens is 1. The Kier molecular flexibility index (Phi) is 6.58. The van der Waals surface area contributed by atoms with Crippen LogP contribution < -0.4 is 10.6 Å². The van der Waals surface area contributed by atoms with Gasteiger partial charge in [0.15, 0.2) is 0 Å². The number of nitrogens with zero attached hydrogens (tertiary/aromatic N) is 1. The van der Waals surface area contributed by atoms with Crippen LogP contribution in [0.25, 0.3) is 10.9 Å². The van der Waals surface area contributed by atoms with E-state index in [1.54, 1.807) is 7.11 Å². The minimum absolute atomic E-state index is 0.120. The van der Waals surface area contributed by atoms with Gasteiger partial charge in [0.1, 0.15) is 0 Å². The lowest BCUT2D eigenvalue weighted by atomic mass is 10.2. The van der Waals surface area contributed by atoms with Gasteiger partial charge in [0.25, 0.3) is 0 Å². The molecule has 0 aliphatic carbocycles. The maximum Gasteiger partial charge on any atom is 0.313 e. The van der Waals surface area contributed by atoms with Crippen LogP contribution in [0.4, 0.5) is 5.69 Å². The summed E-state index contributed by atoms with van der Waals surface area (Å²) in [5, 5.41) is 6.35. The van der Waals surface area contributed by atoms with Crippen LogP contribution in [0.5, 0.6) is 0 Å². The molecule has 6 nitrogen and oxygen atoms in total. The molecule has 2 aromatic rings. The molecule has 0 saturated carbocycles. The summed E-state index contributed by atoms with van der Waals surface area (Å²) >= 11 is 0. The van der Waals surface area contributed by atoms with Crippen molar-refractivity contribution in [2.75, 3.05) is 19.0 Å². The van der Waals surface area contributed by atoms with E-state index in [9.17, 15) is 9.59 Å². The molecule has 0 fully saturated rings. The molecule has 0 aliphatic rings. The fourth-order valence-corrected chi connectivity index (χ4v) is 2.67. The fourth-order valence-electron chi connectivity index (χ4n) is 2.67. The van der Waals surface area contributed by atoms with Crippen molar-refractivity contribution < 1.29 is 14.3 Å². The lowest BCUT2D eigenvalue weighted by Gasteiger charge is -2.13. The molecule has 1 heterocycles. The number of hydrogen-bond acceptors (Lipinski definition) is 3. The van der Waals surface area contributed by atoms with Crippen molar-refractivity contribution in [1.29, 1.82) is 0 Å². The highest BCUT2D eigenvalue weighted by Gasteiger charge is 2.16. The molecule has 0 unspecified atom stereocenters. The number of benzene rings is 1. The number of hydrogen-bond donors (Lipinski definition) is 2. The Morgan fingerprint density at radius 3 is 2.60 bits per heavy atom. The van der Waals surface area contributed by atoms with E-state index in [4.69, 9.17) is 4.74 Å². The lowest BCUT2D eigenvalue weighted by Crippen LogP contribution is -2.40. The summed E-state index contributed by atoms with van der Waals surface area (Å²) < 4.78 is 7.15. The topological polar surface area (TPSA) is 72.4 Å². The van der Waals surface area contributed by atoms with Crippen LogP contribution in [-0.2, 0) is 20.9 Å². The molecule has 1 aromatic carbocycles. The van der Waals surface area contributed by atoms with Gasteiger partial charge in [0.2, 0.25) is 0 Å². The van der Waals surface area contributed by atoms with E-state index in [-0.39, 0.29) is 6.04 Å². The highest BCUT2D eigenvalue weighted by molar-refractivity contribution is 6.39. The van der Waals surface area contributed by atoms with Crippen LogP contribution in [0.2, 0.25) is 0 Å². The molecule has 1 aromatic heterocycles. The van der Waals surface area contributed by atoms with E-state index in [1.807, 2.05) is 37.4 Å². The molecule has 0 radical (unpaired) electrons. The number of nitrogens with one attached hydrogen (secondary N) is 2. The highest BCUT2D eigenvalue weighted by atomic mass is 16.5. The number of ether oxygens (including phenoxy) is 1. The van der Waals surface area contributed by atoms with Gasteiger partial charge < -0.3 is 19.9 Å². The second-order valence-corrected chi connectivity index (χ2v) is 6.75. The molecule has 0 saturated heterocycles. The van der Waals surface area contributed by atoms with Crippen molar-refractivity contribution in [2.24, 2.45) is 5.92 Å². The Labute approximate surface area is 148 Å². The Bertz CT molecular complexity index is 737. The second kappa shape index (κ2) is 8.67. The number of rotatable bonds is 7. The standard InChI is InChI=1S/C19H27N3O3/c1-13(2)12-22-9-7-15-11-16(5-6-17(15)22)21-19(24)18(23)20-14(3)8-10-25-4/h5-7,9,11,13-14H,8,10,12H2,1-4H3,(H,20,23)(H,21,24)/t14-/m0/s1. The first-order valence-corrected chi connectivity index (χ1v) is 8.60. The first-order chi connectivity index (χ1) is 11.9. The van der Waals surface area contributed by atoms with Crippen LogP contribution in [0, 0.1) is 5.92 Å². The number of carbonyl (C=O) groups is 2. The summed E-state index contributed by atoms with van der Waals surface area (Å²) in [6.07, 6.45) is 2.70. The van der Waals surface area contributed by atoms with Crippen LogP contribution in [0.1, 0.15) is 27.2 Å². The maximum absolute atomic E-state index is 12.0. The predicted molar refractivity (Wildman–Crippen MR) is 99.5 cm³/mol. The molecule has 6 heteroatoms. The van der Waals surface area contributed by atoms with E-state index < -0.39 is 11.8 Å². The van der Waals surface area contributed by atoms with Crippen molar-refractivity contribution in [1.82, 2.24) is 9.88 Å². The first-order valence-electron chi connectivity index (χ1n) is 8.60. The zero-order valence-electron chi connectivity index (χ0n) is 15.3. The van der Waals surface area contributed by atoms with E-state index in [1.165, 1.54) is 0 Å². The van der Waals surface area contributed by atoms with E-state index in [0.717, 1.165) is 17.4 Å². The van der Waals surface area contributed by atoms with Gasteiger partial charge in [-0.15, -0.1) is 0 Å². The van der Waals surface area contributed by atoms with Crippen molar-refractivity contribution >= 4 is 28.4 Å². The summed E-state index contributed by atoms with van der Waals surface area (Å²) in [4.78, 5) is 24.0. The van der Waals surface area contributed by atoms with Crippen molar-refractivity contribution in [3.63, 3.8) is 0 Å². The molecule has 0 aliphatic heterocycles. The van der Waals surface area contributed by atoms with E-state index in [0.29, 0.717) is 24.6 Å². The normalized spacial score (nSPS) is 12.4. The fraction of sp³-hybridized carbons (Fsp3) is 0.474. The number of amides is 2. The van der Waals surface area contributed by atoms with Gasteiger partial charge in [-0.05, 0) is 43.5 Å². The van der Waals surface area contributed by atoms with Gasteiger partial charge in [-0.3, -0.25) is 9.59 Å². The first kappa shape index (κ1) is 19.0. The van der Waals surface area contributed by atoms with E-state index in [2.05, 4.69) is 29.0 Å². The summed E-state index contributed by atoms with van der Waals surface area (Å²) in [5.74, 6) is -0.745. The van der Waals surface area contributed by atoms with Gasteiger partial charge >= 0.3 is 11.8 Å². The van der Waals surface area contributed by atoms with Gasteiger partial charge in [-0.25, -0.2) is 0 Å². The Balaban J connectivity index is 2.00. The van der Waals surface area contributed by atoms with Gasteiger partial charge in [0, 0.05) is 49.1 Å². The van der Waals surface area contributed by atoms with Crippen LogP contribution in [0.15, 0.2) is 30.5 Å². The Morgan fingerprint density at radius 2 is 1.92 bits per heavy atom. The van der Waals surface area contributed by atoms with Crippen LogP contribution >= 0.6 is 0 Å². The lowest BCUT2D eigenvalue weighted by molar-refractivity contribution is -0.136.